The van der Waals surface area contributed by atoms with E-state index in [4.69, 9.17) is 4.74 Å². The molecule has 9 nitrogen and oxygen atoms in total. The van der Waals surface area contributed by atoms with Crippen molar-refractivity contribution < 1.29 is 19.2 Å². The standard InChI is InChI=1S/C19H22N4O5S/c1-22(11-18(24)20-14-6-4-5-7-17(14)29-3)12-19(25)21-15-10-13(23(26)27)8-9-16(15)28-2/h4-10H,11-12H2,1-3H3,(H,20,24)(H,21,25). The van der Waals surface area contributed by atoms with Gasteiger partial charge in [0.2, 0.25) is 11.8 Å². The topological polar surface area (TPSA) is 114 Å². The highest BCUT2D eigenvalue weighted by Crippen LogP contribution is 2.28. The van der Waals surface area contributed by atoms with Crippen molar-refractivity contribution >= 4 is 40.6 Å². The van der Waals surface area contributed by atoms with Crippen LogP contribution in [0.4, 0.5) is 17.1 Å². The largest absolute Gasteiger partial charge is 0.495 e. The van der Waals surface area contributed by atoms with Gasteiger partial charge in [0.25, 0.3) is 5.69 Å². The SMILES string of the molecule is COc1ccc([N+](=O)[O-])cc1NC(=O)CN(C)CC(=O)Nc1ccccc1SC. The molecule has 0 aliphatic heterocycles. The first kappa shape index (κ1) is 22.2. The maximum absolute atomic E-state index is 12.3. The molecule has 10 heteroatoms. The summed E-state index contributed by atoms with van der Waals surface area (Å²) in [5.74, 6) is -0.378. The van der Waals surface area contributed by atoms with Crippen LogP contribution >= 0.6 is 11.8 Å². The Morgan fingerprint density at radius 3 is 2.31 bits per heavy atom. The van der Waals surface area contributed by atoms with Crippen LogP contribution in [0.5, 0.6) is 5.75 Å². The molecule has 0 unspecified atom stereocenters. The fourth-order valence-corrected chi connectivity index (χ4v) is 3.13. The molecule has 154 valence electrons. The molecule has 0 aliphatic carbocycles. The van der Waals surface area contributed by atoms with Crippen LogP contribution in [0.25, 0.3) is 0 Å². The van der Waals surface area contributed by atoms with E-state index in [1.165, 1.54) is 42.0 Å². The van der Waals surface area contributed by atoms with Crippen molar-refractivity contribution in [3.8, 4) is 5.75 Å². The summed E-state index contributed by atoms with van der Waals surface area (Å²) in [5.41, 5.74) is 0.740. The molecular weight excluding hydrogens is 396 g/mol. The number of nitrogens with one attached hydrogen (secondary N) is 2. The summed E-state index contributed by atoms with van der Waals surface area (Å²) >= 11 is 1.52. The normalized spacial score (nSPS) is 10.5. The lowest BCUT2D eigenvalue weighted by Gasteiger charge is -2.17. The van der Waals surface area contributed by atoms with Gasteiger partial charge in [-0.15, -0.1) is 11.8 Å². The zero-order valence-corrected chi connectivity index (χ0v) is 17.1. The van der Waals surface area contributed by atoms with Crippen LogP contribution in [0.15, 0.2) is 47.4 Å². The van der Waals surface area contributed by atoms with E-state index in [1.54, 1.807) is 7.05 Å². The Hall–Kier alpha value is -3.11. The number of nitrogens with zero attached hydrogens (tertiary/aromatic N) is 2. The van der Waals surface area contributed by atoms with Gasteiger partial charge in [-0.2, -0.15) is 0 Å². The number of ether oxygens (including phenoxy) is 1. The Morgan fingerprint density at radius 2 is 1.72 bits per heavy atom. The molecule has 0 aromatic heterocycles. The molecule has 0 fully saturated rings. The van der Waals surface area contributed by atoms with Crippen molar-refractivity contribution in [1.82, 2.24) is 4.90 Å². The first-order chi connectivity index (χ1) is 13.8. The third-order valence-electron chi connectivity index (χ3n) is 3.88. The van der Waals surface area contributed by atoms with Gasteiger partial charge in [-0.1, -0.05) is 12.1 Å². The molecule has 2 rings (SSSR count). The van der Waals surface area contributed by atoms with E-state index in [2.05, 4.69) is 10.6 Å². The van der Waals surface area contributed by atoms with Gasteiger partial charge in [-0.05, 0) is 31.5 Å². The minimum atomic E-state index is -0.558. The Labute approximate surface area is 172 Å². The van der Waals surface area contributed by atoms with E-state index in [9.17, 15) is 19.7 Å². The second-order valence-electron chi connectivity index (χ2n) is 6.11. The van der Waals surface area contributed by atoms with E-state index < -0.39 is 10.8 Å². The van der Waals surface area contributed by atoms with E-state index in [-0.39, 0.29) is 30.4 Å². The molecule has 0 heterocycles. The second kappa shape index (κ2) is 10.4. The Balaban J connectivity index is 1.94. The number of hydrogen-bond donors (Lipinski definition) is 2. The summed E-state index contributed by atoms with van der Waals surface area (Å²) in [5, 5.41) is 16.3. The molecule has 29 heavy (non-hydrogen) atoms. The second-order valence-corrected chi connectivity index (χ2v) is 6.96. The fourth-order valence-electron chi connectivity index (χ4n) is 2.58. The summed E-state index contributed by atoms with van der Waals surface area (Å²) in [7, 11) is 3.03. The molecule has 0 saturated carbocycles. The number of methoxy groups -OCH3 is 1. The van der Waals surface area contributed by atoms with Gasteiger partial charge in [0, 0.05) is 17.0 Å². The van der Waals surface area contributed by atoms with Gasteiger partial charge in [0.1, 0.15) is 5.75 Å². The van der Waals surface area contributed by atoms with E-state index >= 15 is 0 Å². The van der Waals surface area contributed by atoms with Crippen LogP contribution in [0.2, 0.25) is 0 Å². The molecule has 2 N–H and O–H groups in total. The van der Waals surface area contributed by atoms with Crippen molar-refractivity contribution in [2.45, 2.75) is 4.90 Å². The number of likely N-dealkylation sites (N-methyl/N-ethyl adjacent to an activating group) is 1. The molecule has 2 aromatic rings. The van der Waals surface area contributed by atoms with Crippen LogP contribution in [-0.4, -0.2) is 55.1 Å². The number of hydrogen-bond acceptors (Lipinski definition) is 7. The zero-order chi connectivity index (χ0) is 21.4. The lowest BCUT2D eigenvalue weighted by atomic mass is 10.2. The molecule has 0 aliphatic rings. The molecule has 0 spiro atoms. The van der Waals surface area contributed by atoms with Crippen molar-refractivity contribution in [3.63, 3.8) is 0 Å². The molecule has 0 saturated heterocycles. The number of nitro groups is 1. The summed E-state index contributed by atoms with van der Waals surface area (Å²) in [6.07, 6.45) is 1.92. The molecule has 2 amide bonds. The van der Waals surface area contributed by atoms with E-state index in [0.717, 1.165) is 4.90 Å². The van der Waals surface area contributed by atoms with Crippen molar-refractivity contribution in [3.05, 3.63) is 52.6 Å². The highest BCUT2D eigenvalue weighted by atomic mass is 32.2. The molecule has 0 radical (unpaired) electrons. The number of para-hydroxylation sites is 1. The first-order valence-electron chi connectivity index (χ1n) is 8.57. The summed E-state index contributed by atoms with van der Waals surface area (Å²) in [4.78, 5) is 37.4. The smallest absolute Gasteiger partial charge is 0.271 e. The molecule has 0 atom stereocenters. The van der Waals surface area contributed by atoms with Crippen molar-refractivity contribution in [1.29, 1.82) is 0 Å². The maximum Gasteiger partial charge on any atom is 0.271 e. The van der Waals surface area contributed by atoms with E-state index in [0.29, 0.717) is 11.4 Å². The van der Waals surface area contributed by atoms with Gasteiger partial charge in [-0.3, -0.25) is 24.6 Å². The fraction of sp³-hybridized carbons (Fsp3) is 0.263. The highest BCUT2D eigenvalue weighted by Gasteiger charge is 2.16. The van der Waals surface area contributed by atoms with Crippen molar-refractivity contribution in [2.24, 2.45) is 0 Å². The van der Waals surface area contributed by atoms with Crippen LogP contribution < -0.4 is 15.4 Å². The average molecular weight is 418 g/mol. The number of thioether (sulfide) groups is 1. The van der Waals surface area contributed by atoms with Crippen LogP contribution in [0.3, 0.4) is 0 Å². The number of amides is 2. The van der Waals surface area contributed by atoms with Crippen molar-refractivity contribution in [2.75, 3.05) is 44.1 Å². The van der Waals surface area contributed by atoms with Gasteiger partial charge < -0.3 is 15.4 Å². The minimum absolute atomic E-state index is 0.00219. The van der Waals surface area contributed by atoms with Crippen LogP contribution in [0, 0.1) is 10.1 Å². The molecule has 0 bridgehead atoms. The first-order valence-corrected chi connectivity index (χ1v) is 9.80. The predicted molar refractivity (Wildman–Crippen MR) is 113 cm³/mol. The lowest BCUT2D eigenvalue weighted by molar-refractivity contribution is -0.384. The summed E-state index contributed by atoms with van der Waals surface area (Å²) < 4.78 is 5.12. The number of carbonyl (C=O) groups is 2. The Morgan fingerprint density at radius 1 is 1.10 bits per heavy atom. The van der Waals surface area contributed by atoms with Gasteiger partial charge in [0.15, 0.2) is 0 Å². The molecular formula is C19H22N4O5S. The van der Waals surface area contributed by atoms with Gasteiger partial charge >= 0.3 is 0 Å². The average Bonchev–Trinajstić information content (AvgIpc) is 2.67. The lowest BCUT2D eigenvalue weighted by Crippen LogP contribution is -2.36. The Kier molecular flexibility index (Phi) is 7.98. The maximum atomic E-state index is 12.3. The van der Waals surface area contributed by atoms with E-state index in [1.807, 2.05) is 30.5 Å². The third-order valence-corrected chi connectivity index (χ3v) is 4.67. The predicted octanol–water partition coefficient (Wildman–Crippen LogP) is 2.83. The Bertz CT molecular complexity index is 906. The monoisotopic (exact) mass is 418 g/mol. The minimum Gasteiger partial charge on any atom is -0.495 e. The quantitative estimate of drug-likeness (QED) is 0.366. The number of rotatable bonds is 9. The number of nitro benzene ring substituents is 1. The third kappa shape index (κ3) is 6.47. The van der Waals surface area contributed by atoms with Crippen LogP contribution in [-0.2, 0) is 9.59 Å². The van der Waals surface area contributed by atoms with Crippen LogP contribution in [0.1, 0.15) is 0 Å². The number of non-ortho nitro benzene ring substituents is 1. The summed E-state index contributed by atoms with van der Waals surface area (Å²) in [6.45, 7) is -0.0777. The van der Waals surface area contributed by atoms with Gasteiger partial charge in [0.05, 0.1) is 36.5 Å². The highest BCUT2D eigenvalue weighted by molar-refractivity contribution is 7.98. The number of carbonyl (C=O) groups excluding carboxylic acids is 2. The summed E-state index contributed by atoms with van der Waals surface area (Å²) in [6, 6.07) is 11.4. The number of benzene rings is 2. The molecule has 2 aromatic carbocycles. The zero-order valence-electron chi connectivity index (χ0n) is 16.3. The number of anilines is 2. The van der Waals surface area contributed by atoms with Gasteiger partial charge in [-0.25, -0.2) is 0 Å².